The Bertz CT molecular complexity index is 1220. The predicted octanol–water partition coefficient (Wildman–Crippen LogP) is 3.53. The summed E-state index contributed by atoms with van der Waals surface area (Å²) in [5.74, 6) is 1.07. The number of methoxy groups -OCH3 is 1. The molecule has 0 aliphatic rings. The van der Waals surface area contributed by atoms with Crippen LogP contribution in [0.3, 0.4) is 0 Å². The van der Waals surface area contributed by atoms with Crippen LogP contribution in [0.5, 0.6) is 17.4 Å². The number of ether oxygens (including phenoxy) is 2. The van der Waals surface area contributed by atoms with Crippen LogP contribution in [-0.2, 0) is 16.6 Å². The van der Waals surface area contributed by atoms with E-state index in [1.54, 1.807) is 43.6 Å². The first-order valence-electron chi connectivity index (χ1n) is 8.70. The molecule has 3 aromatic heterocycles. The summed E-state index contributed by atoms with van der Waals surface area (Å²) in [6.45, 7) is 1.87. The minimum atomic E-state index is -1.45. The standard InChI is InChI=1S/C20H17FN4O3S.Na/c1-12-16(22-9-8-17(12)27-2)11-29(26)20-23-15-6-7-18(24-19(15)25-20)28-14-5-3-4-13(21)10-14;/h3-10H,11H2,1-2H3,(H,23,24,25);. The molecule has 0 amide bonds. The van der Waals surface area contributed by atoms with E-state index in [-0.39, 0.29) is 41.2 Å². The van der Waals surface area contributed by atoms with Crippen LogP contribution < -0.4 is 9.47 Å². The largest absolute Gasteiger partial charge is 0.496 e. The van der Waals surface area contributed by atoms with Crippen LogP contribution in [0.25, 0.3) is 11.2 Å². The summed E-state index contributed by atoms with van der Waals surface area (Å²) in [6.07, 6.45) is 1.62. The van der Waals surface area contributed by atoms with E-state index >= 15 is 0 Å². The summed E-state index contributed by atoms with van der Waals surface area (Å²) >= 11 is 0. The van der Waals surface area contributed by atoms with Crippen molar-refractivity contribution in [1.29, 1.82) is 0 Å². The molecule has 1 aromatic carbocycles. The zero-order valence-corrected chi connectivity index (χ0v) is 19.5. The third kappa shape index (κ3) is 4.86. The third-order valence-corrected chi connectivity index (χ3v) is 5.44. The number of pyridine rings is 2. The fraction of sp³-hybridized carbons (Fsp3) is 0.150. The van der Waals surface area contributed by atoms with Crippen molar-refractivity contribution < 1.29 is 18.1 Å². The maximum absolute atomic E-state index is 13.3. The second-order valence-electron chi connectivity index (χ2n) is 6.20. The normalized spacial score (nSPS) is 11.7. The van der Waals surface area contributed by atoms with Crippen LogP contribution in [-0.4, -0.2) is 60.8 Å². The molecule has 10 heteroatoms. The minimum Gasteiger partial charge on any atom is -0.496 e. The van der Waals surface area contributed by atoms with E-state index in [1.807, 2.05) is 6.92 Å². The SMILES string of the molecule is COc1ccnc(CS(=O)c2nc3nc(Oc4cccc(F)c4)ccc3[nH]2)c1C.[Na]. The topological polar surface area (TPSA) is 90.0 Å². The number of benzene rings is 1. The monoisotopic (exact) mass is 435 g/mol. The van der Waals surface area contributed by atoms with Gasteiger partial charge in [0.15, 0.2) is 10.8 Å². The van der Waals surface area contributed by atoms with Gasteiger partial charge in [-0.15, -0.1) is 0 Å². The molecule has 4 aromatic rings. The molecular formula is C20H17FN4NaO3S. The maximum Gasteiger partial charge on any atom is 0.221 e. The first-order chi connectivity index (χ1) is 14.0. The molecule has 1 atom stereocenters. The van der Waals surface area contributed by atoms with Crippen LogP contribution in [0.4, 0.5) is 4.39 Å². The number of hydrogen-bond acceptors (Lipinski definition) is 6. The quantitative estimate of drug-likeness (QED) is 0.466. The number of halogens is 1. The van der Waals surface area contributed by atoms with Gasteiger partial charge in [-0.1, -0.05) is 6.07 Å². The molecule has 0 aliphatic heterocycles. The molecule has 30 heavy (non-hydrogen) atoms. The summed E-state index contributed by atoms with van der Waals surface area (Å²) in [5.41, 5.74) is 2.49. The average molecular weight is 435 g/mol. The molecule has 1 unspecified atom stereocenters. The van der Waals surface area contributed by atoms with Crippen molar-refractivity contribution >= 4 is 51.5 Å². The summed E-state index contributed by atoms with van der Waals surface area (Å²) < 4.78 is 36.9. The Morgan fingerprint density at radius 3 is 2.77 bits per heavy atom. The maximum atomic E-state index is 13.3. The summed E-state index contributed by atoms with van der Waals surface area (Å²) in [7, 11) is 0.131. The van der Waals surface area contributed by atoms with Gasteiger partial charge in [-0.3, -0.25) is 9.19 Å². The number of nitrogens with zero attached hydrogens (tertiary/aromatic N) is 3. The number of nitrogens with one attached hydrogen (secondary N) is 1. The van der Waals surface area contributed by atoms with Gasteiger partial charge in [0.25, 0.3) is 0 Å². The van der Waals surface area contributed by atoms with Gasteiger partial charge in [-0.05, 0) is 31.2 Å². The van der Waals surface area contributed by atoms with E-state index in [1.165, 1.54) is 12.1 Å². The molecule has 0 saturated carbocycles. The van der Waals surface area contributed by atoms with E-state index < -0.39 is 16.6 Å². The van der Waals surface area contributed by atoms with Gasteiger partial charge >= 0.3 is 0 Å². The Morgan fingerprint density at radius 2 is 2.00 bits per heavy atom. The molecule has 7 nitrogen and oxygen atoms in total. The molecule has 1 radical (unpaired) electrons. The van der Waals surface area contributed by atoms with Crippen molar-refractivity contribution in [2.75, 3.05) is 7.11 Å². The van der Waals surface area contributed by atoms with Crippen LogP contribution in [0.15, 0.2) is 53.8 Å². The van der Waals surface area contributed by atoms with E-state index in [0.717, 1.165) is 5.56 Å². The number of rotatable bonds is 6. The Kier molecular flexibility index (Phi) is 7.19. The Morgan fingerprint density at radius 1 is 1.17 bits per heavy atom. The smallest absolute Gasteiger partial charge is 0.221 e. The first kappa shape index (κ1) is 22.4. The molecular weight excluding hydrogens is 418 g/mol. The molecule has 0 spiro atoms. The third-order valence-electron chi connectivity index (χ3n) is 4.28. The second-order valence-corrected chi connectivity index (χ2v) is 7.56. The van der Waals surface area contributed by atoms with Gasteiger partial charge < -0.3 is 14.5 Å². The minimum absolute atomic E-state index is 0. The van der Waals surface area contributed by atoms with Gasteiger partial charge in [0.05, 0.1) is 34.9 Å². The second kappa shape index (κ2) is 9.65. The van der Waals surface area contributed by atoms with Gasteiger partial charge in [-0.2, -0.15) is 4.98 Å². The van der Waals surface area contributed by atoms with Crippen LogP contribution in [0.1, 0.15) is 11.3 Å². The van der Waals surface area contributed by atoms with Gasteiger partial charge in [0, 0.05) is 53.5 Å². The number of aromatic nitrogens is 4. The summed E-state index contributed by atoms with van der Waals surface area (Å²) in [4.78, 5) is 15.9. The van der Waals surface area contributed by atoms with Crippen LogP contribution in [0.2, 0.25) is 0 Å². The molecule has 4 rings (SSSR count). The predicted molar refractivity (Wildman–Crippen MR) is 112 cm³/mol. The zero-order valence-electron chi connectivity index (χ0n) is 16.7. The summed E-state index contributed by atoms with van der Waals surface area (Å²) in [5, 5.41) is 0.291. The Labute approximate surface area is 196 Å². The number of aromatic amines is 1. The zero-order chi connectivity index (χ0) is 20.4. The molecule has 0 fully saturated rings. The van der Waals surface area contributed by atoms with Crippen molar-refractivity contribution in [3.05, 3.63) is 65.7 Å². The molecule has 3 heterocycles. The molecule has 149 valence electrons. The van der Waals surface area contributed by atoms with E-state index in [9.17, 15) is 8.60 Å². The van der Waals surface area contributed by atoms with Crippen molar-refractivity contribution in [2.24, 2.45) is 0 Å². The fourth-order valence-electron chi connectivity index (χ4n) is 2.79. The summed E-state index contributed by atoms with van der Waals surface area (Å²) in [6, 6.07) is 10.9. The van der Waals surface area contributed by atoms with Crippen molar-refractivity contribution in [2.45, 2.75) is 17.8 Å². The number of hydrogen-bond donors (Lipinski definition) is 1. The van der Waals surface area contributed by atoms with Gasteiger partial charge in [0.1, 0.15) is 17.3 Å². The Hall–Kier alpha value is -2.33. The molecule has 0 bridgehead atoms. The number of fused-ring (bicyclic) bond motifs is 1. The van der Waals surface area contributed by atoms with Crippen molar-refractivity contribution in [3.8, 4) is 17.4 Å². The van der Waals surface area contributed by atoms with E-state index in [2.05, 4.69) is 19.9 Å². The first-order valence-corrected chi connectivity index (χ1v) is 10.0. The van der Waals surface area contributed by atoms with E-state index in [0.29, 0.717) is 33.5 Å². The molecule has 1 N–H and O–H groups in total. The molecule has 0 aliphatic carbocycles. The van der Waals surface area contributed by atoms with Crippen molar-refractivity contribution in [3.63, 3.8) is 0 Å². The Balaban J connectivity index is 0.00000256. The molecule has 0 saturated heterocycles. The fourth-order valence-corrected chi connectivity index (χ4v) is 3.88. The average Bonchev–Trinajstić information content (AvgIpc) is 3.13. The van der Waals surface area contributed by atoms with E-state index in [4.69, 9.17) is 9.47 Å². The van der Waals surface area contributed by atoms with Gasteiger partial charge in [0.2, 0.25) is 5.88 Å². The van der Waals surface area contributed by atoms with Crippen molar-refractivity contribution in [1.82, 2.24) is 19.9 Å². The van der Waals surface area contributed by atoms with Crippen LogP contribution in [0, 0.1) is 12.7 Å². The number of H-pyrrole nitrogens is 1. The van der Waals surface area contributed by atoms with Gasteiger partial charge in [-0.25, -0.2) is 9.37 Å². The number of imidazole rings is 1. The van der Waals surface area contributed by atoms with Crippen LogP contribution >= 0.6 is 0 Å².